The monoisotopic (exact) mass is 275 g/mol. The van der Waals surface area contributed by atoms with Crippen molar-refractivity contribution >= 4 is 5.69 Å². The molecular formula is C14H21N5O. The van der Waals surface area contributed by atoms with E-state index in [0.29, 0.717) is 0 Å². The average Bonchev–Trinajstić information content (AvgIpc) is 3.00. The van der Waals surface area contributed by atoms with E-state index in [1.807, 2.05) is 25.1 Å². The number of anilines is 1. The summed E-state index contributed by atoms with van der Waals surface area (Å²) in [5.41, 5.74) is 2.98. The maximum atomic E-state index is 9.47. The molecule has 0 fully saturated rings. The first-order valence-electron chi connectivity index (χ1n) is 6.77. The summed E-state index contributed by atoms with van der Waals surface area (Å²) in [4.78, 5) is 0. The molecule has 0 bridgehead atoms. The molecule has 2 rings (SSSR count). The number of rotatable bonds is 6. The third-order valence-electron chi connectivity index (χ3n) is 3.78. The molecule has 0 aliphatic carbocycles. The van der Waals surface area contributed by atoms with E-state index in [2.05, 4.69) is 34.7 Å². The fourth-order valence-electron chi connectivity index (χ4n) is 1.82. The Bertz CT molecular complexity index is 549. The van der Waals surface area contributed by atoms with Gasteiger partial charge in [-0.25, -0.2) is 4.68 Å². The van der Waals surface area contributed by atoms with E-state index in [-0.39, 0.29) is 12.0 Å². The molecule has 6 nitrogen and oxygen atoms in total. The van der Waals surface area contributed by atoms with E-state index >= 15 is 0 Å². The second-order valence-electron chi connectivity index (χ2n) is 5.43. The van der Waals surface area contributed by atoms with Crippen LogP contribution in [0.25, 0.3) is 5.69 Å². The zero-order valence-corrected chi connectivity index (χ0v) is 12.2. The Morgan fingerprint density at radius 2 is 2.20 bits per heavy atom. The highest BCUT2D eigenvalue weighted by molar-refractivity contribution is 5.56. The first-order valence-corrected chi connectivity index (χ1v) is 6.77. The first-order chi connectivity index (χ1) is 9.58. The van der Waals surface area contributed by atoms with E-state index in [1.165, 1.54) is 0 Å². The molecule has 0 aliphatic rings. The molecule has 1 aromatic heterocycles. The van der Waals surface area contributed by atoms with Crippen LogP contribution in [0.1, 0.15) is 25.8 Å². The Balaban J connectivity index is 2.17. The number of nitrogens with one attached hydrogen (secondary N) is 1. The summed E-state index contributed by atoms with van der Waals surface area (Å²) in [5, 5.41) is 24.1. The second kappa shape index (κ2) is 6.00. The van der Waals surface area contributed by atoms with Gasteiger partial charge in [0, 0.05) is 17.6 Å². The molecule has 6 heteroatoms. The molecule has 2 aromatic rings. The van der Waals surface area contributed by atoms with Crippen LogP contribution in [0, 0.1) is 12.3 Å². The van der Waals surface area contributed by atoms with E-state index < -0.39 is 0 Å². The van der Waals surface area contributed by atoms with Gasteiger partial charge in [-0.2, -0.15) is 0 Å². The Morgan fingerprint density at radius 3 is 2.80 bits per heavy atom. The van der Waals surface area contributed by atoms with Crippen LogP contribution in [0.4, 0.5) is 5.69 Å². The van der Waals surface area contributed by atoms with Crippen molar-refractivity contribution in [2.75, 3.05) is 18.5 Å². The average molecular weight is 275 g/mol. The highest BCUT2D eigenvalue weighted by Crippen LogP contribution is 2.24. The van der Waals surface area contributed by atoms with Crippen LogP contribution in [0.5, 0.6) is 0 Å². The molecule has 1 unspecified atom stereocenters. The first kappa shape index (κ1) is 14.5. The summed E-state index contributed by atoms with van der Waals surface area (Å²) in [7, 11) is 0. The number of tetrazole rings is 1. The van der Waals surface area contributed by atoms with Gasteiger partial charge in [-0.1, -0.05) is 19.9 Å². The quantitative estimate of drug-likeness (QED) is 0.840. The molecule has 0 saturated heterocycles. The van der Waals surface area contributed by atoms with Gasteiger partial charge in [-0.15, -0.1) is 5.10 Å². The second-order valence-corrected chi connectivity index (χ2v) is 5.43. The van der Waals surface area contributed by atoms with Crippen LogP contribution in [0.3, 0.4) is 0 Å². The number of aliphatic hydroxyl groups excluding tert-OH is 1. The van der Waals surface area contributed by atoms with Crippen molar-refractivity contribution in [1.82, 2.24) is 20.2 Å². The van der Waals surface area contributed by atoms with Gasteiger partial charge in [0.05, 0.1) is 12.3 Å². The number of benzene rings is 1. The zero-order chi connectivity index (χ0) is 14.6. The van der Waals surface area contributed by atoms with Gasteiger partial charge in [0.25, 0.3) is 0 Å². The highest BCUT2D eigenvalue weighted by atomic mass is 16.3. The Labute approximate surface area is 118 Å². The number of hydrogen-bond acceptors (Lipinski definition) is 5. The molecule has 0 spiro atoms. The smallest absolute Gasteiger partial charge is 0.143 e. The van der Waals surface area contributed by atoms with Crippen LogP contribution in [0.2, 0.25) is 0 Å². The minimum Gasteiger partial charge on any atom is -0.396 e. The van der Waals surface area contributed by atoms with Crippen molar-refractivity contribution in [3.05, 3.63) is 30.1 Å². The summed E-state index contributed by atoms with van der Waals surface area (Å²) in [6.07, 6.45) is 2.49. The molecule has 0 radical (unpaired) electrons. The molecule has 108 valence electrons. The summed E-state index contributed by atoms with van der Waals surface area (Å²) >= 11 is 0. The summed E-state index contributed by atoms with van der Waals surface area (Å²) < 4.78 is 1.62. The summed E-state index contributed by atoms with van der Waals surface area (Å²) in [6, 6.07) is 6.02. The third-order valence-corrected chi connectivity index (χ3v) is 3.78. The number of nitrogens with zero attached hydrogens (tertiary/aromatic N) is 4. The number of aryl methyl sites for hydroxylation is 1. The van der Waals surface area contributed by atoms with Crippen molar-refractivity contribution < 1.29 is 5.11 Å². The summed E-state index contributed by atoms with van der Waals surface area (Å²) in [5.74, 6) is 0. The molecule has 0 saturated carbocycles. The predicted molar refractivity (Wildman–Crippen MR) is 77.9 cm³/mol. The third kappa shape index (κ3) is 3.14. The topological polar surface area (TPSA) is 75.9 Å². The Morgan fingerprint density at radius 1 is 1.40 bits per heavy atom. The molecule has 0 amide bonds. The maximum absolute atomic E-state index is 9.47. The van der Waals surface area contributed by atoms with Crippen LogP contribution in [-0.4, -0.2) is 38.5 Å². The van der Waals surface area contributed by atoms with Gasteiger partial charge in [-0.3, -0.25) is 0 Å². The molecule has 20 heavy (non-hydrogen) atoms. The number of aromatic nitrogens is 4. The van der Waals surface area contributed by atoms with Crippen molar-refractivity contribution in [2.24, 2.45) is 5.41 Å². The van der Waals surface area contributed by atoms with E-state index in [0.717, 1.165) is 29.9 Å². The predicted octanol–water partition coefficient (Wildman–Crippen LogP) is 1.79. The van der Waals surface area contributed by atoms with Crippen LogP contribution >= 0.6 is 0 Å². The normalized spacial score (nSPS) is 14.0. The Hall–Kier alpha value is -1.95. The lowest BCUT2D eigenvalue weighted by Crippen LogP contribution is -2.29. The van der Waals surface area contributed by atoms with Gasteiger partial charge in [-0.05, 0) is 41.5 Å². The Kier molecular flexibility index (Phi) is 4.34. The van der Waals surface area contributed by atoms with Gasteiger partial charge in [0.15, 0.2) is 0 Å². The molecule has 1 heterocycles. The molecule has 2 N–H and O–H groups in total. The van der Waals surface area contributed by atoms with E-state index in [9.17, 15) is 5.11 Å². The largest absolute Gasteiger partial charge is 0.396 e. The minimum atomic E-state index is -0.114. The fraction of sp³-hybridized carbons (Fsp3) is 0.500. The van der Waals surface area contributed by atoms with E-state index in [1.54, 1.807) is 11.0 Å². The van der Waals surface area contributed by atoms with Crippen molar-refractivity contribution in [2.45, 2.75) is 27.2 Å². The lowest BCUT2D eigenvalue weighted by Gasteiger charge is -2.27. The van der Waals surface area contributed by atoms with Gasteiger partial charge in [0.2, 0.25) is 0 Å². The molecule has 0 aliphatic heterocycles. The zero-order valence-electron chi connectivity index (χ0n) is 12.2. The van der Waals surface area contributed by atoms with E-state index in [4.69, 9.17) is 0 Å². The fourth-order valence-corrected chi connectivity index (χ4v) is 1.82. The molecule has 1 atom stereocenters. The standard InChI is InChI=1S/C14H21N5O/c1-4-14(3,9-20)8-15-13-7-12(6-5-11(13)2)19-10-16-17-18-19/h5-7,10,15,20H,4,8-9H2,1-3H3. The number of hydrogen-bond donors (Lipinski definition) is 2. The molecule has 1 aromatic carbocycles. The van der Waals surface area contributed by atoms with Gasteiger partial charge >= 0.3 is 0 Å². The lowest BCUT2D eigenvalue weighted by atomic mass is 9.88. The van der Waals surface area contributed by atoms with Gasteiger partial charge in [0.1, 0.15) is 6.33 Å². The van der Waals surface area contributed by atoms with Crippen molar-refractivity contribution in [1.29, 1.82) is 0 Å². The van der Waals surface area contributed by atoms with Crippen molar-refractivity contribution in [3.8, 4) is 5.69 Å². The van der Waals surface area contributed by atoms with Crippen LogP contribution in [0.15, 0.2) is 24.5 Å². The van der Waals surface area contributed by atoms with Crippen molar-refractivity contribution in [3.63, 3.8) is 0 Å². The highest BCUT2D eigenvalue weighted by Gasteiger charge is 2.20. The van der Waals surface area contributed by atoms with Gasteiger partial charge < -0.3 is 10.4 Å². The molecular weight excluding hydrogens is 254 g/mol. The SMILES string of the molecule is CCC(C)(CO)CNc1cc(-n2cnnn2)ccc1C. The lowest BCUT2D eigenvalue weighted by molar-refractivity contribution is 0.149. The number of aliphatic hydroxyl groups is 1. The summed E-state index contributed by atoms with van der Waals surface area (Å²) in [6.45, 7) is 7.10. The maximum Gasteiger partial charge on any atom is 0.143 e. The van der Waals surface area contributed by atoms with Crippen LogP contribution in [-0.2, 0) is 0 Å². The minimum absolute atomic E-state index is 0.114. The van der Waals surface area contributed by atoms with Crippen LogP contribution < -0.4 is 5.32 Å².